The highest BCUT2D eigenvalue weighted by atomic mass is 79.9. The first-order chi connectivity index (χ1) is 7.26. The van der Waals surface area contributed by atoms with E-state index in [-0.39, 0.29) is 6.29 Å². The van der Waals surface area contributed by atoms with E-state index >= 15 is 0 Å². The van der Waals surface area contributed by atoms with Gasteiger partial charge in [-0.15, -0.1) is 0 Å². The molecule has 0 heterocycles. The van der Waals surface area contributed by atoms with E-state index in [1.54, 1.807) is 20.4 Å². The average Bonchev–Trinajstić information content (AvgIpc) is 2.27. The van der Waals surface area contributed by atoms with Gasteiger partial charge in [0.25, 0.3) is 0 Å². The van der Waals surface area contributed by atoms with E-state index in [2.05, 4.69) is 20.9 Å². The first-order valence-corrected chi connectivity index (χ1v) is 5.36. The lowest BCUT2D eigenvalue weighted by Gasteiger charge is -2.09. The van der Waals surface area contributed by atoms with Gasteiger partial charge in [0.15, 0.2) is 6.29 Å². The van der Waals surface area contributed by atoms with Gasteiger partial charge in [0, 0.05) is 24.9 Å². The Morgan fingerprint density at radius 1 is 1.27 bits per heavy atom. The SMILES string of the molecule is COC(CN=Cc1ccc(Br)cc1)OC. The third kappa shape index (κ3) is 4.55. The fourth-order valence-electron chi connectivity index (χ4n) is 1.04. The van der Waals surface area contributed by atoms with Crippen molar-refractivity contribution in [3.05, 3.63) is 34.3 Å². The molecule has 82 valence electrons. The average molecular weight is 272 g/mol. The van der Waals surface area contributed by atoms with Crippen molar-refractivity contribution >= 4 is 22.1 Å². The Morgan fingerprint density at radius 2 is 1.87 bits per heavy atom. The standard InChI is InChI=1S/C11H14BrNO2/c1-14-11(15-2)8-13-7-9-3-5-10(12)6-4-9/h3-7,11H,8H2,1-2H3. The van der Waals surface area contributed by atoms with Crippen LogP contribution in [-0.2, 0) is 9.47 Å². The molecule has 0 bridgehead atoms. The molecule has 0 unspecified atom stereocenters. The lowest BCUT2D eigenvalue weighted by atomic mass is 10.2. The fraction of sp³-hybridized carbons (Fsp3) is 0.364. The number of halogens is 1. The van der Waals surface area contributed by atoms with E-state index in [4.69, 9.17) is 9.47 Å². The summed E-state index contributed by atoms with van der Waals surface area (Å²) in [5.41, 5.74) is 1.06. The quantitative estimate of drug-likeness (QED) is 0.609. The van der Waals surface area contributed by atoms with Gasteiger partial charge in [0.2, 0.25) is 0 Å². The topological polar surface area (TPSA) is 30.8 Å². The minimum atomic E-state index is -0.267. The van der Waals surface area contributed by atoms with Crippen molar-refractivity contribution in [2.75, 3.05) is 20.8 Å². The maximum atomic E-state index is 5.01. The lowest BCUT2D eigenvalue weighted by molar-refractivity contribution is -0.0936. The zero-order valence-electron chi connectivity index (χ0n) is 8.81. The summed E-state index contributed by atoms with van der Waals surface area (Å²) in [5, 5.41) is 0. The van der Waals surface area contributed by atoms with Gasteiger partial charge in [-0.05, 0) is 17.7 Å². The molecule has 0 aliphatic carbocycles. The predicted octanol–water partition coefficient (Wildman–Crippen LogP) is 2.49. The number of hydrogen-bond acceptors (Lipinski definition) is 3. The van der Waals surface area contributed by atoms with Crippen LogP contribution in [0.25, 0.3) is 0 Å². The van der Waals surface area contributed by atoms with Crippen molar-refractivity contribution < 1.29 is 9.47 Å². The van der Waals surface area contributed by atoms with Crippen LogP contribution >= 0.6 is 15.9 Å². The van der Waals surface area contributed by atoms with Crippen LogP contribution in [0.1, 0.15) is 5.56 Å². The number of nitrogens with zero attached hydrogens (tertiary/aromatic N) is 1. The minimum Gasteiger partial charge on any atom is -0.354 e. The molecule has 15 heavy (non-hydrogen) atoms. The summed E-state index contributed by atoms with van der Waals surface area (Å²) < 4.78 is 11.1. The van der Waals surface area contributed by atoms with Crippen LogP contribution in [0.3, 0.4) is 0 Å². The number of aliphatic imine (C=N–C) groups is 1. The third-order valence-corrected chi connectivity index (χ3v) is 2.42. The highest BCUT2D eigenvalue weighted by Crippen LogP contribution is 2.09. The Labute approximate surface area is 98.2 Å². The van der Waals surface area contributed by atoms with Gasteiger partial charge in [0.05, 0.1) is 6.54 Å². The summed E-state index contributed by atoms with van der Waals surface area (Å²) in [4.78, 5) is 4.22. The Morgan fingerprint density at radius 3 is 2.40 bits per heavy atom. The van der Waals surface area contributed by atoms with Gasteiger partial charge in [-0.25, -0.2) is 0 Å². The molecule has 1 aromatic rings. The van der Waals surface area contributed by atoms with Gasteiger partial charge in [-0.1, -0.05) is 28.1 Å². The molecular formula is C11H14BrNO2. The van der Waals surface area contributed by atoms with Crippen molar-refractivity contribution in [1.29, 1.82) is 0 Å². The van der Waals surface area contributed by atoms with Crippen LogP contribution in [0, 0.1) is 0 Å². The Kier molecular flexibility index (Phi) is 5.53. The van der Waals surface area contributed by atoms with Crippen LogP contribution in [-0.4, -0.2) is 33.3 Å². The number of hydrogen-bond donors (Lipinski definition) is 0. The van der Waals surface area contributed by atoms with E-state index in [1.807, 2.05) is 24.3 Å². The first kappa shape index (κ1) is 12.4. The summed E-state index contributed by atoms with van der Waals surface area (Å²) in [7, 11) is 3.20. The molecule has 0 amide bonds. The predicted molar refractivity (Wildman–Crippen MR) is 64.4 cm³/mol. The minimum absolute atomic E-state index is 0.267. The van der Waals surface area contributed by atoms with Crippen LogP contribution in [0.4, 0.5) is 0 Å². The van der Waals surface area contributed by atoms with Gasteiger partial charge >= 0.3 is 0 Å². The van der Waals surface area contributed by atoms with Gasteiger partial charge in [0.1, 0.15) is 0 Å². The van der Waals surface area contributed by atoms with Crippen molar-refractivity contribution in [3.8, 4) is 0 Å². The second-order valence-corrected chi connectivity index (χ2v) is 3.86. The summed E-state index contributed by atoms with van der Waals surface area (Å²) >= 11 is 3.37. The molecule has 0 N–H and O–H groups in total. The van der Waals surface area contributed by atoms with Gasteiger partial charge in [-0.3, -0.25) is 4.99 Å². The van der Waals surface area contributed by atoms with E-state index in [1.165, 1.54) is 0 Å². The third-order valence-electron chi connectivity index (χ3n) is 1.89. The molecule has 0 aliphatic heterocycles. The van der Waals surface area contributed by atoms with E-state index in [0.29, 0.717) is 6.54 Å². The Hall–Kier alpha value is -0.710. The molecule has 4 heteroatoms. The zero-order chi connectivity index (χ0) is 11.1. The normalized spacial score (nSPS) is 11.5. The number of ether oxygens (including phenoxy) is 2. The van der Waals surface area contributed by atoms with Gasteiger partial charge < -0.3 is 9.47 Å². The van der Waals surface area contributed by atoms with E-state index in [9.17, 15) is 0 Å². The van der Waals surface area contributed by atoms with Crippen molar-refractivity contribution in [2.24, 2.45) is 4.99 Å². The maximum Gasteiger partial charge on any atom is 0.176 e. The molecule has 0 aromatic heterocycles. The Balaban J connectivity index is 2.47. The molecule has 0 saturated heterocycles. The molecule has 0 spiro atoms. The van der Waals surface area contributed by atoms with Crippen LogP contribution < -0.4 is 0 Å². The fourth-order valence-corrected chi connectivity index (χ4v) is 1.30. The van der Waals surface area contributed by atoms with Crippen molar-refractivity contribution in [2.45, 2.75) is 6.29 Å². The molecule has 1 rings (SSSR count). The zero-order valence-corrected chi connectivity index (χ0v) is 10.4. The summed E-state index contributed by atoms with van der Waals surface area (Å²) in [6, 6.07) is 7.93. The van der Waals surface area contributed by atoms with E-state index < -0.39 is 0 Å². The lowest BCUT2D eigenvalue weighted by Crippen LogP contribution is -2.16. The maximum absolute atomic E-state index is 5.01. The molecule has 0 atom stereocenters. The molecule has 3 nitrogen and oxygen atoms in total. The van der Waals surface area contributed by atoms with Crippen LogP contribution in [0.5, 0.6) is 0 Å². The van der Waals surface area contributed by atoms with Crippen molar-refractivity contribution in [3.63, 3.8) is 0 Å². The van der Waals surface area contributed by atoms with Crippen molar-refractivity contribution in [1.82, 2.24) is 0 Å². The second kappa shape index (κ2) is 6.71. The molecule has 0 radical (unpaired) electrons. The molecule has 0 fully saturated rings. The molecule has 1 aromatic carbocycles. The van der Waals surface area contributed by atoms with Gasteiger partial charge in [-0.2, -0.15) is 0 Å². The number of rotatable bonds is 5. The first-order valence-electron chi connectivity index (χ1n) is 4.57. The highest BCUT2D eigenvalue weighted by Gasteiger charge is 2.00. The summed E-state index contributed by atoms with van der Waals surface area (Å²) in [6.07, 6.45) is 1.54. The molecule has 0 aliphatic rings. The Bertz CT molecular complexity index is 307. The van der Waals surface area contributed by atoms with Crippen LogP contribution in [0.15, 0.2) is 33.7 Å². The van der Waals surface area contributed by atoms with Crippen LogP contribution in [0.2, 0.25) is 0 Å². The second-order valence-electron chi connectivity index (χ2n) is 2.95. The number of methoxy groups -OCH3 is 2. The monoisotopic (exact) mass is 271 g/mol. The largest absolute Gasteiger partial charge is 0.354 e. The molecule has 0 saturated carbocycles. The summed E-state index contributed by atoms with van der Waals surface area (Å²) in [6.45, 7) is 0.503. The molecular weight excluding hydrogens is 258 g/mol. The number of benzene rings is 1. The highest BCUT2D eigenvalue weighted by molar-refractivity contribution is 9.10. The summed E-state index contributed by atoms with van der Waals surface area (Å²) in [5.74, 6) is 0. The van der Waals surface area contributed by atoms with E-state index in [0.717, 1.165) is 10.0 Å². The smallest absolute Gasteiger partial charge is 0.176 e.